The molecule has 5 heteroatoms. The molecule has 0 saturated carbocycles. The molecule has 1 aliphatic heterocycles. The number of hydrogen-bond acceptors (Lipinski definition) is 2. The second kappa shape index (κ2) is 7.77. The van der Waals surface area contributed by atoms with Crippen molar-refractivity contribution < 1.29 is 14.0 Å². The van der Waals surface area contributed by atoms with Crippen LogP contribution in [0.1, 0.15) is 64.2 Å². The molecule has 4 nitrogen and oxygen atoms in total. The Kier molecular flexibility index (Phi) is 6.09. The molecule has 0 aromatic heterocycles. The highest BCUT2D eigenvalue weighted by atomic mass is 19.1. The molecular formula is C21H31FN2O2. The van der Waals surface area contributed by atoms with Gasteiger partial charge in [0.25, 0.3) is 5.91 Å². The van der Waals surface area contributed by atoms with Gasteiger partial charge in [0.1, 0.15) is 5.82 Å². The lowest BCUT2D eigenvalue weighted by Gasteiger charge is -2.37. The van der Waals surface area contributed by atoms with Gasteiger partial charge in [0.05, 0.1) is 5.92 Å². The number of piperidine rings is 1. The second-order valence-corrected chi connectivity index (χ2v) is 9.21. The Hall–Kier alpha value is -1.91. The van der Waals surface area contributed by atoms with Gasteiger partial charge in [-0.2, -0.15) is 0 Å². The predicted octanol–water partition coefficient (Wildman–Crippen LogP) is 4.01. The molecule has 2 rings (SSSR count). The lowest BCUT2D eigenvalue weighted by atomic mass is 9.81. The summed E-state index contributed by atoms with van der Waals surface area (Å²) in [5.41, 5.74) is 0.285. The Balaban J connectivity index is 1.99. The number of halogens is 1. The average Bonchev–Trinajstić information content (AvgIpc) is 2.52. The highest BCUT2D eigenvalue weighted by Gasteiger charge is 2.33. The largest absolute Gasteiger partial charge is 0.351 e. The van der Waals surface area contributed by atoms with Gasteiger partial charge in [0.15, 0.2) is 0 Å². The molecule has 0 bridgehead atoms. The number of rotatable bonds is 4. The zero-order valence-corrected chi connectivity index (χ0v) is 16.6. The Morgan fingerprint density at radius 2 is 1.77 bits per heavy atom. The fourth-order valence-electron chi connectivity index (χ4n) is 3.96. The van der Waals surface area contributed by atoms with E-state index < -0.39 is 0 Å². The van der Waals surface area contributed by atoms with Crippen LogP contribution in [0.5, 0.6) is 0 Å². The molecule has 0 spiro atoms. The van der Waals surface area contributed by atoms with Gasteiger partial charge >= 0.3 is 0 Å². The molecule has 1 atom stereocenters. The molecule has 1 aromatic carbocycles. The maximum atomic E-state index is 13.1. The van der Waals surface area contributed by atoms with E-state index in [0.29, 0.717) is 18.7 Å². The van der Waals surface area contributed by atoms with Gasteiger partial charge in [-0.05, 0) is 62.8 Å². The lowest BCUT2D eigenvalue weighted by molar-refractivity contribution is -0.128. The van der Waals surface area contributed by atoms with Crippen molar-refractivity contribution in [1.82, 2.24) is 10.2 Å². The number of carbonyl (C=O) groups is 2. The van der Waals surface area contributed by atoms with Crippen LogP contribution in [0, 0.1) is 17.2 Å². The molecule has 0 unspecified atom stereocenters. The Bertz CT molecular complexity index is 647. The maximum Gasteiger partial charge on any atom is 0.253 e. The maximum absolute atomic E-state index is 13.1. The van der Waals surface area contributed by atoms with E-state index in [9.17, 15) is 14.0 Å². The molecule has 1 fully saturated rings. The van der Waals surface area contributed by atoms with E-state index in [1.165, 1.54) is 24.3 Å². The van der Waals surface area contributed by atoms with Crippen LogP contribution in [0.25, 0.3) is 0 Å². The number of amides is 2. The van der Waals surface area contributed by atoms with Crippen LogP contribution >= 0.6 is 0 Å². The van der Waals surface area contributed by atoms with E-state index in [0.717, 1.165) is 19.3 Å². The fraction of sp³-hybridized carbons (Fsp3) is 0.619. The summed E-state index contributed by atoms with van der Waals surface area (Å²) in [6.45, 7) is 11.6. The third-order valence-corrected chi connectivity index (χ3v) is 4.60. The molecular weight excluding hydrogens is 331 g/mol. The summed E-state index contributed by atoms with van der Waals surface area (Å²) < 4.78 is 13.1. The molecule has 26 heavy (non-hydrogen) atoms. The highest BCUT2D eigenvalue weighted by molar-refractivity contribution is 5.94. The van der Waals surface area contributed by atoms with Gasteiger partial charge in [-0.3, -0.25) is 9.59 Å². The number of hydrogen-bond donors (Lipinski definition) is 1. The summed E-state index contributed by atoms with van der Waals surface area (Å²) in [7, 11) is 0. The number of benzene rings is 1. The summed E-state index contributed by atoms with van der Waals surface area (Å²) in [6.07, 6.45) is 2.45. The van der Waals surface area contributed by atoms with Gasteiger partial charge in [-0.15, -0.1) is 0 Å². The molecule has 144 valence electrons. The van der Waals surface area contributed by atoms with Crippen molar-refractivity contribution in [3.05, 3.63) is 35.6 Å². The standard InChI is InChI=1S/C21H31FN2O2/c1-20(2,3)14-21(4,5)23-18(25)16-7-6-12-24(13-16)19(26)15-8-10-17(22)11-9-15/h8-11,16H,6-7,12-14H2,1-5H3,(H,23,25)/t16-/m1/s1. The van der Waals surface area contributed by atoms with Crippen molar-refractivity contribution in [2.24, 2.45) is 11.3 Å². The summed E-state index contributed by atoms with van der Waals surface area (Å²) in [5, 5.41) is 3.16. The molecule has 2 amide bonds. The quantitative estimate of drug-likeness (QED) is 0.880. The van der Waals surface area contributed by atoms with Crippen LogP contribution in [0.4, 0.5) is 4.39 Å². The SMILES string of the molecule is CC(C)(C)CC(C)(C)NC(=O)[C@@H]1CCCN(C(=O)c2ccc(F)cc2)C1. The van der Waals surface area contributed by atoms with Crippen molar-refractivity contribution in [3.8, 4) is 0 Å². The van der Waals surface area contributed by atoms with E-state index in [1.807, 2.05) is 13.8 Å². The van der Waals surface area contributed by atoms with Crippen molar-refractivity contribution >= 4 is 11.8 Å². The zero-order valence-electron chi connectivity index (χ0n) is 16.6. The number of nitrogens with zero attached hydrogens (tertiary/aromatic N) is 1. The van der Waals surface area contributed by atoms with Crippen LogP contribution in [0.15, 0.2) is 24.3 Å². The molecule has 1 heterocycles. The van der Waals surface area contributed by atoms with Crippen molar-refractivity contribution in [2.75, 3.05) is 13.1 Å². The zero-order chi connectivity index (χ0) is 19.5. The van der Waals surface area contributed by atoms with E-state index in [1.54, 1.807) is 4.90 Å². The molecule has 1 N–H and O–H groups in total. The minimum atomic E-state index is -0.362. The number of carbonyl (C=O) groups excluding carboxylic acids is 2. The molecule has 1 aliphatic rings. The third kappa shape index (κ3) is 5.82. The van der Waals surface area contributed by atoms with Crippen LogP contribution in [0.3, 0.4) is 0 Å². The lowest BCUT2D eigenvalue weighted by Crippen LogP contribution is -2.52. The number of likely N-dealkylation sites (tertiary alicyclic amines) is 1. The third-order valence-electron chi connectivity index (χ3n) is 4.60. The topological polar surface area (TPSA) is 49.4 Å². The fourth-order valence-corrected chi connectivity index (χ4v) is 3.96. The summed E-state index contributed by atoms with van der Waals surface area (Å²) in [6, 6.07) is 5.56. The van der Waals surface area contributed by atoms with Crippen molar-refractivity contribution in [1.29, 1.82) is 0 Å². The summed E-state index contributed by atoms with van der Waals surface area (Å²) in [4.78, 5) is 27.1. The van der Waals surface area contributed by atoms with Crippen LogP contribution in [0.2, 0.25) is 0 Å². The molecule has 1 aromatic rings. The van der Waals surface area contributed by atoms with Gasteiger partial charge < -0.3 is 10.2 Å². The summed E-state index contributed by atoms with van der Waals surface area (Å²) in [5.74, 6) is -0.696. The second-order valence-electron chi connectivity index (χ2n) is 9.21. The molecule has 0 radical (unpaired) electrons. The predicted molar refractivity (Wildman–Crippen MR) is 101 cm³/mol. The minimum absolute atomic E-state index is 0.0101. The van der Waals surface area contributed by atoms with E-state index in [4.69, 9.17) is 0 Å². The first kappa shape index (κ1) is 20.4. The van der Waals surface area contributed by atoms with Gasteiger partial charge in [0.2, 0.25) is 5.91 Å². The van der Waals surface area contributed by atoms with Crippen LogP contribution in [-0.4, -0.2) is 35.3 Å². The Labute approximate surface area is 156 Å². The van der Waals surface area contributed by atoms with Crippen molar-refractivity contribution in [2.45, 2.75) is 59.4 Å². The highest BCUT2D eigenvalue weighted by Crippen LogP contribution is 2.28. The first-order valence-electron chi connectivity index (χ1n) is 9.34. The van der Waals surface area contributed by atoms with Gasteiger partial charge in [-0.1, -0.05) is 20.8 Å². The Morgan fingerprint density at radius 3 is 2.35 bits per heavy atom. The molecule has 0 aliphatic carbocycles. The number of nitrogens with one attached hydrogen (secondary N) is 1. The van der Waals surface area contributed by atoms with Crippen LogP contribution < -0.4 is 5.32 Å². The monoisotopic (exact) mass is 362 g/mol. The smallest absolute Gasteiger partial charge is 0.253 e. The average molecular weight is 362 g/mol. The first-order chi connectivity index (χ1) is 12.0. The van der Waals surface area contributed by atoms with Gasteiger partial charge in [0, 0.05) is 24.2 Å². The van der Waals surface area contributed by atoms with E-state index in [-0.39, 0.29) is 34.5 Å². The summed E-state index contributed by atoms with van der Waals surface area (Å²) >= 11 is 0. The van der Waals surface area contributed by atoms with E-state index >= 15 is 0 Å². The first-order valence-corrected chi connectivity index (χ1v) is 9.34. The van der Waals surface area contributed by atoms with Crippen molar-refractivity contribution in [3.63, 3.8) is 0 Å². The minimum Gasteiger partial charge on any atom is -0.351 e. The Morgan fingerprint density at radius 1 is 1.15 bits per heavy atom. The molecule has 1 saturated heterocycles. The van der Waals surface area contributed by atoms with Gasteiger partial charge in [-0.25, -0.2) is 4.39 Å². The van der Waals surface area contributed by atoms with E-state index in [2.05, 4.69) is 26.1 Å². The normalized spacial score (nSPS) is 18.5. The van der Waals surface area contributed by atoms with Crippen LogP contribution in [-0.2, 0) is 4.79 Å².